The first-order chi connectivity index (χ1) is 13.2. The van der Waals surface area contributed by atoms with E-state index >= 15 is 0 Å². The van der Waals surface area contributed by atoms with Crippen molar-refractivity contribution in [2.45, 2.75) is 25.9 Å². The van der Waals surface area contributed by atoms with Crippen molar-refractivity contribution in [3.63, 3.8) is 0 Å². The van der Waals surface area contributed by atoms with Gasteiger partial charge in [0.15, 0.2) is 0 Å². The second kappa shape index (κ2) is 10.0. The van der Waals surface area contributed by atoms with E-state index in [4.69, 9.17) is 0 Å². The number of nitrogens with zero attached hydrogens (tertiary/aromatic N) is 1. The first-order valence-corrected chi connectivity index (χ1v) is 10.6. The molecule has 0 unspecified atom stereocenters. The van der Waals surface area contributed by atoms with Crippen LogP contribution in [0.4, 0.5) is 0 Å². The van der Waals surface area contributed by atoms with Crippen LogP contribution in [-0.4, -0.2) is 23.3 Å². The zero-order chi connectivity index (χ0) is 18.9. The van der Waals surface area contributed by atoms with Crippen molar-refractivity contribution in [3.8, 4) is 0 Å². The van der Waals surface area contributed by atoms with Crippen molar-refractivity contribution in [2.75, 3.05) is 6.54 Å². The van der Waals surface area contributed by atoms with Gasteiger partial charge in [0, 0.05) is 28.3 Å². The van der Waals surface area contributed by atoms with Crippen LogP contribution >= 0.6 is 22.7 Å². The van der Waals surface area contributed by atoms with Crippen LogP contribution in [0.15, 0.2) is 65.4 Å². The Balaban J connectivity index is 1.49. The lowest BCUT2D eigenvalue weighted by molar-refractivity contribution is -0.132. The number of hydrogen-bond acceptors (Lipinski definition) is 4. The number of rotatable bonds is 9. The SMILES string of the molecule is O=C(NCCCC(=O)N(Cc1cccs1)Cc1cccs1)c1ccccc1. The van der Waals surface area contributed by atoms with Crippen LogP contribution in [0.25, 0.3) is 0 Å². The minimum Gasteiger partial charge on any atom is -0.352 e. The number of nitrogens with one attached hydrogen (secondary N) is 1. The van der Waals surface area contributed by atoms with Crippen LogP contribution in [0.3, 0.4) is 0 Å². The summed E-state index contributed by atoms with van der Waals surface area (Å²) in [4.78, 5) is 29.0. The van der Waals surface area contributed by atoms with Crippen molar-refractivity contribution in [1.82, 2.24) is 10.2 Å². The normalized spacial score (nSPS) is 10.5. The fraction of sp³-hybridized carbons (Fsp3) is 0.238. The van der Waals surface area contributed by atoms with Crippen LogP contribution in [-0.2, 0) is 17.9 Å². The minimum absolute atomic E-state index is 0.0999. The van der Waals surface area contributed by atoms with Gasteiger partial charge in [0.2, 0.25) is 5.91 Å². The molecular formula is C21H22N2O2S2. The third-order valence-electron chi connectivity index (χ3n) is 4.10. The quantitative estimate of drug-likeness (QED) is 0.538. The number of benzene rings is 1. The van der Waals surface area contributed by atoms with Crippen LogP contribution in [0.2, 0.25) is 0 Å². The lowest BCUT2D eigenvalue weighted by Crippen LogP contribution is -2.31. The second-order valence-corrected chi connectivity index (χ2v) is 8.20. The van der Waals surface area contributed by atoms with Gasteiger partial charge in [0.05, 0.1) is 13.1 Å². The molecule has 0 atom stereocenters. The fourth-order valence-electron chi connectivity index (χ4n) is 2.70. The van der Waals surface area contributed by atoms with Crippen molar-refractivity contribution < 1.29 is 9.59 Å². The molecular weight excluding hydrogens is 376 g/mol. The van der Waals surface area contributed by atoms with Gasteiger partial charge in [-0.1, -0.05) is 30.3 Å². The summed E-state index contributed by atoms with van der Waals surface area (Å²) in [5, 5.41) is 6.94. The Bertz CT molecular complexity index is 794. The average Bonchev–Trinajstić information content (AvgIpc) is 3.39. The molecule has 0 aliphatic carbocycles. The summed E-state index contributed by atoms with van der Waals surface area (Å²) in [7, 11) is 0. The molecule has 2 heterocycles. The summed E-state index contributed by atoms with van der Waals surface area (Å²) in [6.07, 6.45) is 1.05. The molecule has 2 aromatic heterocycles. The third kappa shape index (κ3) is 6.05. The third-order valence-corrected chi connectivity index (χ3v) is 5.82. The highest BCUT2D eigenvalue weighted by Gasteiger charge is 2.15. The Labute approximate surface area is 167 Å². The highest BCUT2D eigenvalue weighted by atomic mass is 32.1. The molecule has 0 aliphatic rings. The molecule has 3 aromatic rings. The Morgan fingerprint density at radius 3 is 2.04 bits per heavy atom. The molecule has 0 fully saturated rings. The van der Waals surface area contributed by atoms with Crippen molar-refractivity contribution >= 4 is 34.5 Å². The van der Waals surface area contributed by atoms with Gasteiger partial charge < -0.3 is 10.2 Å². The van der Waals surface area contributed by atoms with E-state index in [0.717, 1.165) is 0 Å². The van der Waals surface area contributed by atoms with Crippen LogP contribution in [0, 0.1) is 0 Å². The molecule has 1 aromatic carbocycles. The standard InChI is InChI=1S/C21H22N2O2S2/c24-20(11-4-12-22-21(25)17-7-2-1-3-8-17)23(15-18-9-5-13-26-18)16-19-10-6-14-27-19/h1-3,5-10,13-14H,4,11-12,15-16H2,(H,22,25). The van der Waals surface area contributed by atoms with E-state index < -0.39 is 0 Å². The first kappa shape index (κ1) is 19.3. The first-order valence-electron chi connectivity index (χ1n) is 8.88. The molecule has 0 saturated heterocycles. The van der Waals surface area contributed by atoms with Gasteiger partial charge in [-0.05, 0) is 41.4 Å². The molecule has 6 heteroatoms. The summed E-state index contributed by atoms with van der Waals surface area (Å²) < 4.78 is 0. The highest BCUT2D eigenvalue weighted by molar-refractivity contribution is 7.10. The van der Waals surface area contributed by atoms with Crippen molar-refractivity contribution in [1.29, 1.82) is 0 Å². The molecule has 27 heavy (non-hydrogen) atoms. The van der Waals surface area contributed by atoms with E-state index in [-0.39, 0.29) is 11.8 Å². The van der Waals surface area contributed by atoms with Crippen LogP contribution < -0.4 is 5.32 Å². The van der Waals surface area contributed by atoms with E-state index in [1.807, 2.05) is 46.0 Å². The van der Waals surface area contributed by atoms with Gasteiger partial charge in [0.1, 0.15) is 0 Å². The fourth-order valence-corrected chi connectivity index (χ4v) is 4.14. The Morgan fingerprint density at radius 2 is 1.48 bits per heavy atom. The Kier molecular flexibility index (Phi) is 7.19. The number of carbonyl (C=O) groups excluding carboxylic acids is 2. The maximum atomic E-state index is 12.7. The van der Waals surface area contributed by atoms with Crippen LogP contribution in [0.5, 0.6) is 0 Å². The molecule has 4 nitrogen and oxygen atoms in total. The predicted octanol–water partition coefficient (Wildman–Crippen LogP) is 4.55. The smallest absolute Gasteiger partial charge is 0.251 e. The summed E-state index contributed by atoms with van der Waals surface area (Å²) in [6, 6.07) is 17.2. The number of amides is 2. The van der Waals surface area contributed by atoms with E-state index in [1.165, 1.54) is 9.75 Å². The predicted molar refractivity (Wildman–Crippen MR) is 111 cm³/mol. The molecule has 0 aliphatic heterocycles. The maximum absolute atomic E-state index is 12.7. The Hall–Kier alpha value is -2.44. The second-order valence-electron chi connectivity index (χ2n) is 6.13. The average molecular weight is 399 g/mol. The van der Waals surface area contributed by atoms with Gasteiger partial charge in [-0.3, -0.25) is 9.59 Å². The lowest BCUT2D eigenvalue weighted by Gasteiger charge is -2.21. The van der Waals surface area contributed by atoms with E-state index in [0.29, 0.717) is 38.0 Å². The highest BCUT2D eigenvalue weighted by Crippen LogP contribution is 2.18. The van der Waals surface area contributed by atoms with Gasteiger partial charge in [-0.15, -0.1) is 22.7 Å². The topological polar surface area (TPSA) is 49.4 Å². The molecule has 2 amide bonds. The monoisotopic (exact) mass is 398 g/mol. The molecule has 0 spiro atoms. The van der Waals surface area contributed by atoms with Gasteiger partial charge >= 0.3 is 0 Å². The molecule has 0 saturated carbocycles. The van der Waals surface area contributed by atoms with Crippen molar-refractivity contribution in [2.24, 2.45) is 0 Å². The summed E-state index contributed by atoms with van der Waals surface area (Å²) in [5.41, 5.74) is 0.640. The largest absolute Gasteiger partial charge is 0.352 e. The molecule has 0 bridgehead atoms. The van der Waals surface area contributed by atoms with Crippen molar-refractivity contribution in [3.05, 3.63) is 80.7 Å². The zero-order valence-corrected chi connectivity index (χ0v) is 16.6. The minimum atomic E-state index is -0.0999. The van der Waals surface area contributed by atoms with Gasteiger partial charge in [-0.25, -0.2) is 0 Å². The maximum Gasteiger partial charge on any atom is 0.251 e. The summed E-state index contributed by atoms with van der Waals surface area (Å²) in [6.45, 7) is 1.75. The zero-order valence-electron chi connectivity index (χ0n) is 15.0. The Morgan fingerprint density at radius 1 is 0.852 bits per heavy atom. The summed E-state index contributed by atoms with van der Waals surface area (Å²) >= 11 is 3.33. The van der Waals surface area contributed by atoms with E-state index in [2.05, 4.69) is 17.4 Å². The summed E-state index contributed by atoms with van der Waals surface area (Å²) in [5.74, 6) is 0.0165. The molecule has 1 N–H and O–H groups in total. The van der Waals surface area contributed by atoms with E-state index in [9.17, 15) is 9.59 Å². The van der Waals surface area contributed by atoms with E-state index in [1.54, 1.807) is 34.8 Å². The number of thiophene rings is 2. The molecule has 3 rings (SSSR count). The van der Waals surface area contributed by atoms with Gasteiger partial charge in [-0.2, -0.15) is 0 Å². The molecule has 140 valence electrons. The van der Waals surface area contributed by atoms with Crippen LogP contribution in [0.1, 0.15) is 33.0 Å². The number of hydrogen-bond donors (Lipinski definition) is 1. The molecule has 0 radical (unpaired) electrons. The lowest BCUT2D eigenvalue weighted by atomic mass is 10.2. The number of carbonyl (C=O) groups is 2. The van der Waals surface area contributed by atoms with Gasteiger partial charge in [0.25, 0.3) is 5.91 Å².